The first-order valence-electron chi connectivity index (χ1n) is 7.79. The summed E-state index contributed by atoms with van der Waals surface area (Å²) < 4.78 is 11.9. The summed E-state index contributed by atoms with van der Waals surface area (Å²) in [6, 6.07) is 14.9. The Morgan fingerprint density at radius 1 is 0.708 bits per heavy atom. The molecule has 0 heterocycles. The Kier molecular flexibility index (Phi) is 4.96. The van der Waals surface area contributed by atoms with E-state index in [0.29, 0.717) is 20.5 Å². The van der Waals surface area contributed by atoms with Crippen LogP contribution in [0.4, 0.5) is 16.2 Å². The molecule has 0 aromatic heterocycles. The van der Waals surface area contributed by atoms with Crippen LogP contribution in [-0.4, -0.2) is 48.4 Å². The summed E-state index contributed by atoms with van der Waals surface area (Å²) in [4.78, 5) is 12.0. The molecular formula is C19H26N2O3+2. The molecule has 0 aliphatic heterocycles. The highest BCUT2D eigenvalue weighted by Gasteiger charge is 2.17. The van der Waals surface area contributed by atoms with Crippen LogP contribution < -0.4 is 18.4 Å². The zero-order valence-electron chi connectivity index (χ0n) is 15.2. The second-order valence-electron chi connectivity index (χ2n) is 7.47. The molecule has 0 aliphatic carbocycles. The van der Waals surface area contributed by atoms with Crippen LogP contribution in [0.1, 0.15) is 0 Å². The van der Waals surface area contributed by atoms with Crippen LogP contribution in [0.3, 0.4) is 0 Å². The minimum atomic E-state index is -0.743. The lowest BCUT2D eigenvalue weighted by Crippen LogP contribution is -2.34. The molecule has 2 aromatic rings. The van der Waals surface area contributed by atoms with E-state index in [1.807, 2.05) is 78.7 Å². The SMILES string of the molecule is C[N+](C)(C)c1cccc(OC(=O)Oc2cccc([N+](C)(C)C)c2)c1. The molecule has 0 spiro atoms. The quantitative estimate of drug-likeness (QED) is 0.487. The first kappa shape index (κ1) is 18.0. The fourth-order valence-electron chi connectivity index (χ4n) is 2.14. The minimum Gasteiger partial charge on any atom is -0.394 e. The Bertz CT molecular complexity index is 666. The number of hydrogen-bond acceptors (Lipinski definition) is 3. The van der Waals surface area contributed by atoms with Gasteiger partial charge in [0.1, 0.15) is 22.9 Å². The predicted molar refractivity (Wildman–Crippen MR) is 98.7 cm³/mol. The second kappa shape index (κ2) is 6.63. The fraction of sp³-hybridized carbons (Fsp3) is 0.316. The van der Waals surface area contributed by atoms with Gasteiger partial charge in [0.2, 0.25) is 0 Å². The van der Waals surface area contributed by atoms with Gasteiger partial charge in [0.25, 0.3) is 0 Å². The summed E-state index contributed by atoms with van der Waals surface area (Å²) in [7, 11) is 12.3. The first-order valence-corrected chi connectivity index (χ1v) is 7.79. The van der Waals surface area contributed by atoms with Gasteiger partial charge < -0.3 is 9.47 Å². The highest BCUT2D eigenvalue weighted by molar-refractivity contribution is 5.68. The smallest absolute Gasteiger partial charge is 0.394 e. The summed E-state index contributed by atoms with van der Waals surface area (Å²) in [5.74, 6) is 0.932. The highest BCUT2D eigenvalue weighted by Crippen LogP contribution is 2.25. The number of carbonyl (C=O) groups excluding carboxylic acids is 1. The summed E-state index contributed by atoms with van der Waals surface area (Å²) in [6.07, 6.45) is -0.743. The lowest BCUT2D eigenvalue weighted by Gasteiger charge is -2.23. The monoisotopic (exact) mass is 330 g/mol. The van der Waals surface area contributed by atoms with E-state index in [1.165, 1.54) is 0 Å². The van der Waals surface area contributed by atoms with Crippen molar-refractivity contribution < 1.29 is 14.3 Å². The second-order valence-corrected chi connectivity index (χ2v) is 7.47. The van der Waals surface area contributed by atoms with Crippen molar-refractivity contribution >= 4 is 17.5 Å². The van der Waals surface area contributed by atoms with Crippen LogP contribution in [-0.2, 0) is 0 Å². The minimum absolute atomic E-state index is 0.466. The molecule has 0 saturated heterocycles. The molecule has 0 aliphatic rings. The third-order valence-electron chi connectivity index (χ3n) is 3.59. The van der Waals surface area contributed by atoms with Crippen molar-refractivity contribution in [3.05, 3.63) is 48.5 Å². The number of ether oxygens (including phenoxy) is 2. The Balaban J connectivity index is 2.09. The molecule has 128 valence electrons. The van der Waals surface area contributed by atoms with E-state index in [1.54, 1.807) is 12.1 Å². The molecular weight excluding hydrogens is 304 g/mol. The molecule has 0 fully saturated rings. The van der Waals surface area contributed by atoms with Gasteiger partial charge in [-0.15, -0.1) is 0 Å². The first-order chi connectivity index (χ1) is 11.1. The van der Waals surface area contributed by atoms with Gasteiger partial charge in [-0.1, -0.05) is 12.1 Å². The summed E-state index contributed by atoms with van der Waals surface area (Å²) in [5, 5.41) is 0. The molecule has 0 atom stereocenters. The zero-order valence-corrected chi connectivity index (χ0v) is 15.2. The van der Waals surface area contributed by atoms with Gasteiger partial charge in [-0.05, 0) is 24.3 Å². The summed E-state index contributed by atoms with van der Waals surface area (Å²) >= 11 is 0. The van der Waals surface area contributed by atoms with E-state index in [4.69, 9.17) is 9.47 Å². The van der Waals surface area contributed by atoms with Crippen LogP contribution in [0.2, 0.25) is 0 Å². The average Bonchev–Trinajstić information content (AvgIpc) is 2.46. The van der Waals surface area contributed by atoms with Crippen molar-refractivity contribution in [2.75, 3.05) is 42.3 Å². The molecule has 2 aromatic carbocycles. The standard InChI is InChI=1S/C19H26N2O3/c1-20(2,3)15-9-7-11-17(13-15)23-19(22)24-18-12-8-10-16(14-18)21(4,5)6/h7-14H,1-6H3/q+2. The maximum Gasteiger partial charge on any atom is 0.519 e. The van der Waals surface area contributed by atoms with E-state index in [0.717, 1.165) is 11.4 Å². The number of benzene rings is 2. The van der Waals surface area contributed by atoms with Gasteiger partial charge in [-0.3, -0.25) is 8.97 Å². The number of nitrogens with zero attached hydrogens (tertiary/aromatic N) is 2. The molecule has 24 heavy (non-hydrogen) atoms. The van der Waals surface area contributed by atoms with E-state index < -0.39 is 6.16 Å². The molecule has 0 radical (unpaired) electrons. The molecule has 0 N–H and O–H groups in total. The van der Waals surface area contributed by atoms with Crippen LogP contribution in [0, 0.1) is 0 Å². The molecule has 0 amide bonds. The van der Waals surface area contributed by atoms with Crippen molar-refractivity contribution in [3.63, 3.8) is 0 Å². The third-order valence-corrected chi connectivity index (χ3v) is 3.59. The van der Waals surface area contributed by atoms with Crippen LogP contribution in [0.15, 0.2) is 48.5 Å². The molecule has 5 nitrogen and oxygen atoms in total. The molecule has 2 rings (SSSR count). The third kappa shape index (κ3) is 4.81. The molecule has 5 heteroatoms. The predicted octanol–water partition coefficient (Wildman–Crippen LogP) is 3.66. The maximum absolute atomic E-state index is 12.0. The fourth-order valence-corrected chi connectivity index (χ4v) is 2.14. The molecule has 0 unspecified atom stereocenters. The largest absolute Gasteiger partial charge is 0.519 e. The lowest BCUT2D eigenvalue weighted by molar-refractivity contribution is 0.152. The zero-order chi connectivity index (χ0) is 18.0. The number of quaternary nitrogens is 2. The van der Waals surface area contributed by atoms with Gasteiger partial charge in [0.15, 0.2) is 0 Å². The number of rotatable bonds is 4. The Hall–Kier alpha value is -2.37. The average molecular weight is 330 g/mol. The highest BCUT2D eigenvalue weighted by atomic mass is 16.7. The van der Waals surface area contributed by atoms with Crippen LogP contribution in [0.5, 0.6) is 11.5 Å². The number of carbonyl (C=O) groups is 1. The Labute approximate surface area is 143 Å². The molecule has 0 saturated carbocycles. The number of hydrogen-bond donors (Lipinski definition) is 0. The van der Waals surface area contributed by atoms with E-state index >= 15 is 0 Å². The summed E-state index contributed by atoms with van der Waals surface area (Å²) in [6.45, 7) is 0. The maximum atomic E-state index is 12.0. The Morgan fingerprint density at radius 2 is 1.08 bits per heavy atom. The van der Waals surface area contributed by atoms with Crippen molar-refractivity contribution in [1.82, 2.24) is 8.97 Å². The van der Waals surface area contributed by atoms with Gasteiger partial charge in [0.05, 0.1) is 42.3 Å². The van der Waals surface area contributed by atoms with Gasteiger partial charge >= 0.3 is 6.16 Å². The van der Waals surface area contributed by atoms with Gasteiger partial charge in [-0.2, -0.15) is 0 Å². The van der Waals surface area contributed by atoms with Crippen molar-refractivity contribution in [1.29, 1.82) is 0 Å². The van der Waals surface area contributed by atoms with Crippen molar-refractivity contribution in [2.45, 2.75) is 0 Å². The lowest BCUT2D eigenvalue weighted by atomic mass is 10.2. The van der Waals surface area contributed by atoms with Crippen LogP contribution >= 0.6 is 0 Å². The van der Waals surface area contributed by atoms with Crippen molar-refractivity contribution in [2.24, 2.45) is 0 Å². The molecule has 0 bridgehead atoms. The van der Waals surface area contributed by atoms with E-state index in [9.17, 15) is 4.79 Å². The van der Waals surface area contributed by atoms with Gasteiger partial charge in [0, 0.05) is 12.1 Å². The summed E-state index contributed by atoms with van der Waals surface area (Å²) in [5.41, 5.74) is 2.07. The van der Waals surface area contributed by atoms with E-state index in [-0.39, 0.29) is 0 Å². The van der Waals surface area contributed by atoms with Crippen molar-refractivity contribution in [3.8, 4) is 11.5 Å². The van der Waals surface area contributed by atoms with Crippen LogP contribution in [0.25, 0.3) is 0 Å². The van der Waals surface area contributed by atoms with E-state index in [2.05, 4.69) is 0 Å². The normalized spacial score (nSPS) is 11.9. The Morgan fingerprint density at radius 3 is 1.42 bits per heavy atom. The topological polar surface area (TPSA) is 35.5 Å². The van der Waals surface area contributed by atoms with Gasteiger partial charge in [-0.25, -0.2) is 4.79 Å².